The van der Waals surface area contributed by atoms with Gasteiger partial charge in [-0.2, -0.15) is 5.10 Å². The number of carboxylic acids is 1. The van der Waals surface area contributed by atoms with E-state index >= 15 is 0 Å². The highest BCUT2D eigenvalue weighted by Crippen LogP contribution is 2.24. The Kier molecular flexibility index (Phi) is 2.16. The summed E-state index contributed by atoms with van der Waals surface area (Å²) in [5, 5.41) is 17.4. The van der Waals surface area contributed by atoms with Gasteiger partial charge in [0.1, 0.15) is 0 Å². The van der Waals surface area contributed by atoms with E-state index in [0.29, 0.717) is 5.76 Å². The number of rotatable bonds is 2. The van der Waals surface area contributed by atoms with E-state index in [1.165, 1.54) is 6.07 Å². The first-order valence-electron chi connectivity index (χ1n) is 5.27. The van der Waals surface area contributed by atoms with Crippen LogP contribution in [0, 0.1) is 0 Å². The van der Waals surface area contributed by atoms with Gasteiger partial charge in [0.15, 0.2) is 11.5 Å². The summed E-state index contributed by atoms with van der Waals surface area (Å²) in [6.45, 7) is 0. The molecule has 0 unspecified atom stereocenters. The largest absolute Gasteiger partial charge is 0.476 e. The Bertz CT molecular complexity index is 742. The second-order valence-electron chi connectivity index (χ2n) is 3.92. The smallest absolute Gasteiger partial charge is 0.358 e. The molecule has 2 aromatic heterocycles. The number of benzene rings is 1. The van der Waals surface area contributed by atoms with Crippen LogP contribution >= 0.6 is 0 Å². The molecule has 0 saturated carbocycles. The van der Waals surface area contributed by atoms with Crippen molar-refractivity contribution in [3.05, 3.63) is 36.2 Å². The first-order chi connectivity index (χ1) is 8.65. The predicted molar refractivity (Wildman–Crippen MR) is 63.2 cm³/mol. The van der Waals surface area contributed by atoms with E-state index in [9.17, 15) is 4.79 Å². The van der Waals surface area contributed by atoms with Crippen LogP contribution in [0.3, 0.4) is 0 Å². The molecule has 0 aliphatic rings. The zero-order chi connectivity index (χ0) is 12.7. The SMILES string of the molecule is Cn1ncc2ccc(-c3cc(C(=O)O)no3)cc21. The molecule has 0 aliphatic carbocycles. The predicted octanol–water partition coefficient (Wildman–Crippen LogP) is 1.93. The average Bonchev–Trinajstić information content (AvgIpc) is 2.96. The Morgan fingerprint density at radius 1 is 1.39 bits per heavy atom. The number of hydrogen-bond donors (Lipinski definition) is 1. The van der Waals surface area contributed by atoms with Gasteiger partial charge in [0.2, 0.25) is 0 Å². The number of aryl methyl sites for hydroxylation is 1. The highest BCUT2D eigenvalue weighted by Gasteiger charge is 2.12. The van der Waals surface area contributed by atoms with E-state index in [2.05, 4.69) is 10.3 Å². The van der Waals surface area contributed by atoms with Crippen LogP contribution in [0.1, 0.15) is 10.5 Å². The van der Waals surface area contributed by atoms with Crippen molar-refractivity contribution in [1.29, 1.82) is 0 Å². The fourth-order valence-corrected chi connectivity index (χ4v) is 1.81. The summed E-state index contributed by atoms with van der Waals surface area (Å²) < 4.78 is 6.76. The molecule has 0 bridgehead atoms. The van der Waals surface area contributed by atoms with Crippen molar-refractivity contribution in [3.8, 4) is 11.3 Å². The molecule has 6 heteroatoms. The van der Waals surface area contributed by atoms with Crippen LogP contribution in [0.2, 0.25) is 0 Å². The van der Waals surface area contributed by atoms with E-state index in [4.69, 9.17) is 9.63 Å². The first kappa shape index (κ1) is 10.5. The van der Waals surface area contributed by atoms with Crippen LogP contribution in [0.25, 0.3) is 22.2 Å². The Balaban J connectivity index is 2.12. The number of aromatic carboxylic acids is 1. The average molecular weight is 243 g/mol. The van der Waals surface area contributed by atoms with Gasteiger partial charge >= 0.3 is 5.97 Å². The summed E-state index contributed by atoms with van der Waals surface area (Å²) in [7, 11) is 1.84. The summed E-state index contributed by atoms with van der Waals surface area (Å²) in [5.74, 6) is -0.679. The van der Waals surface area contributed by atoms with Gasteiger partial charge in [0, 0.05) is 24.1 Å². The molecule has 0 atom stereocenters. The molecule has 2 heterocycles. The number of carboxylic acid groups (broad SMARTS) is 1. The van der Waals surface area contributed by atoms with E-state index in [1.807, 2.05) is 25.2 Å². The van der Waals surface area contributed by atoms with Gasteiger partial charge in [-0.05, 0) is 6.07 Å². The lowest BCUT2D eigenvalue weighted by molar-refractivity contribution is 0.0686. The molecular formula is C12H9N3O3. The number of hydrogen-bond acceptors (Lipinski definition) is 4. The van der Waals surface area contributed by atoms with Crippen molar-refractivity contribution in [2.24, 2.45) is 7.05 Å². The standard InChI is InChI=1S/C12H9N3O3/c1-15-10-4-7(2-3-8(10)6-13-15)11-5-9(12(16)17)14-18-11/h2-6H,1H3,(H,16,17). The van der Waals surface area contributed by atoms with Gasteiger partial charge in [0.25, 0.3) is 0 Å². The van der Waals surface area contributed by atoms with Gasteiger partial charge < -0.3 is 9.63 Å². The third kappa shape index (κ3) is 1.55. The molecule has 1 aromatic carbocycles. The number of aromatic nitrogens is 3. The summed E-state index contributed by atoms with van der Waals surface area (Å²) >= 11 is 0. The van der Waals surface area contributed by atoms with Crippen molar-refractivity contribution < 1.29 is 14.4 Å². The van der Waals surface area contributed by atoms with Crippen molar-refractivity contribution in [3.63, 3.8) is 0 Å². The van der Waals surface area contributed by atoms with Gasteiger partial charge in [-0.15, -0.1) is 0 Å². The minimum absolute atomic E-state index is 0.102. The van der Waals surface area contributed by atoms with Crippen LogP contribution < -0.4 is 0 Å². The fourth-order valence-electron chi connectivity index (χ4n) is 1.81. The summed E-state index contributed by atoms with van der Waals surface area (Å²) in [6.07, 6.45) is 1.77. The highest BCUT2D eigenvalue weighted by molar-refractivity contribution is 5.87. The zero-order valence-corrected chi connectivity index (χ0v) is 9.49. The molecule has 0 radical (unpaired) electrons. The summed E-state index contributed by atoms with van der Waals surface area (Å²) in [5.41, 5.74) is 1.61. The highest BCUT2D eigenvalue weighted by atomic mass is 16.5. The Morgan fingerprint density at radius 2 is 2.22 bits per heavy atom. The molecule has 3 rings (SSSR count). The van der Waals surface area contributed by atoms with Crippen LogP contribution in [0.4, 0.5) is 0 Å². The Hall–Kier alpha value is -2.63. The minimum Gasteiger partial charge on any atom is -0.476 e. The molecule has 0 aliphatic heterocycles. The lowest BCUT2D eigenvalue weighted by Crippen LogP contribution is -1.94. The van der Waals surface area contributed by atoms with E-state index < -0.39 is 5.97 Å². The Labute approximate surface area is 101 Å². The fraction of sp³-hybridized carbons (Fsp3) is 0.0833. The Morgan fingerprint density at radius 3 is 2.94 bits per heavy atom. The molecular weight excluding hydrogens is 234 g/mol. The second-order valence-corrected chi connectivity index (χ2v) is 3.92. The molecule has 0 saturated heterocycles. The maximum absolute atomic E-state index is 10.7. The second kappa shape index (κ2) is 3.69. The van der Waals surface area contributed by atoms with Crippen molar-refractivity contribution >= 4 is 16.9 Å². The van der Waals surface area contributed by atoms with Crippen LogP contribution in [0.15, 0.2) is 35.0 Å². The monoisotopic (exact) mass is 243 g/mol. The molecule has 0 fully saturated rings. The van der Waals surface area contributed by atoms with Gasteiger partial charge in [-0.1, -0.05) is 17.3 Å². The van der Waals surface area contributed by atoms with Crippen LogP contribution in [-0.4, -0.2) is 26.0 Å². The number of fused-ring (bicyclic) bond motifs is 1. The molecule has 1 N–H and O–H groups in total. The van der Waals surface area contributed by atoms with Gasteiger partial charge in [0.05, 0.1) is 11.7 Å². The zero-order valence-electron chi connectivity index (χ0n) is 9.49. The summed E-state index contributed by atoms with van der Waals surface area (Å²) in [4.78, 5) is 10.7. The molecule has 0 spiro atoms. The van der Waals surface area contributed by atoms with E-state index in [-0.39, 0.29) is 5.69 Å². The number of carbonyl (C=O) groups is 1. The van der Waals surface area contributed by atoms with Gasteiger partial charge in [-0.25, -0.2) is 4.79 Å². The van der Waals surface area contributed by atoms with Gasteiger partial charge in [-0.3, -0.25) is 4.68 Å². The van der Waals surface area contributed by atoms with Crippen LogP contribution in [0.5, 0.6) is 0 Å². The van der Waals surface area contributed by atoms with Crippen LogP contribution in [-0.2, 0) is 7.05 Å². The number of nitrogens with zero attached hydrogens (tertiary/aromatic N) is 3. The molecule has 6 nitrogen and oxygen atoms in total. The quantitative estimate of drug-likeness (QED) is 0.743. The first-order valence-corrected chi connectivity index (χ1v) is 5.27. The minimum atomic E-state index is -1.10. The van der Waals surface area contributed by atoms with Crippen molar-refractivity contribution in [2.45, 2.75) is 0 Å². The van der Waals surface area contributed by atoms with Crippen molar-refractivity contribution in [2.75, 3.05) is 0 Å². The lowest BCUT2D eigenvalue weighted by Gasteiger charge is -1.97. The maximum Gasteiger partial charge on any atom is 0.358 e. The molecule has 90 valence electrons. The molecule has 0 amide bonds. The molecule has 18 heavy (non-hydrogen) atoms. The third-order valence-electron chi connectivity index (χ3n) is 2.76. The van der Waals surface area contributed by atoms with E-state index in [1.54, 1.807) is 10.9 Å². The van der Waals surface area contributed by atoms with E-state index in [0.717, 1.165) is 16.5 Å². The molecule has 3 aromatic rings. The normalized spacial score (nSPS) is 10.9. The maximum atomic E-state index is 10.7. The summed E-state index contributed by atoms with van der Waals surface area (Å²) in [6, 6.07) is 7.03. The topological polar surface area (TPSA) is 81.2 Å². The third-order valence-corrected chi connectivity index (χ3v) is 2.76. The van der Waals surface area contributed by atoms with Crippen molar-refractivity contribution in [1.82, 2.24) is 14.9 Å². The lowest BCUT2D eigenvalue weighted by atomic mass is 10.1.